The molecule has 1 unspecified atom stereocenters. The summed E-state index contributed by atoms with van der Waals surface area (Å²) in [6, 6.07) is 5.91. The number of carbonyl (C=O) groups is 8. The van der Waals surface area contributed by atoms with Crippen molar-refractivity contribution in [1.82, 2.24) is 21.3 Å². The van der Waals surface area contributed by atoms with Gasteiger partial charge in [-0.25, -0.2) is 4.79 Å². The van der Waals surface area contributed by atoms with Gasteiger partial charge in [-0.15, -0.1) is 0 Å². The van der Waals surface area contributed by atoms with E-state index in [9.17, 15) is 38.4 Å². The number of benzene rings is 1. The number of amides is 4. The average molecular weight is 636 g/mol. The number of cyclic esters (lactones) is 4. The summed E-state index contributed by atoms with van der Waals surface area (Å²) in [5.41, 5.74) is 1.58. The van der Waals surface area contributed by atoms with E-state index in [0.29, 0.717) is 18.8 Å². The molecule has 2 heterocycles. The van der Waals surface area contributed by atoms with Crippen LogP contribution in [0, 0.1) is 0 Å². The van der Waals surface area contributed by atoms with Crippen LogP contribution in [0.2, 0.25) is 0 Å². The summed E-state index contributed by atoms with van der Waals surface area (Å²) in [7, 11) is 0. The Morgan fingerprint density at radius 3 is 1.53 bits per heavy atom. The highest BCUT2D eigenvalue weighted by Crippen LogP contribution is 2.17. The second kappa shape index (κ2) is 17.8. The number of esters is 4. The van der Waals surface area contributed by atoms with Crippen LogP contribution in [0.3, 0.4) is 0 Å². The van der Waals surface area contributed by atoms with Gasteiger partial charge in [0.05, 0.1) is 13.2 Å². The molecule has 0 saturated carbocycles. The van der Waals surface area contributed by atoms with Gasteiger partial charge >= 0.3 is 23.9 Å². The van der Waals surface area contributed by atoms with E-state index < -0.39 is 99.6 Å². The first-order chi connectivity index (χ1) is 21.6. The number of anilines is 1. The normalized spacial score (nSPS) is 21.0. The van der Waals surface area contributed by atoms with E-state index in [1.807, 2.05) is 12.1 Å². The third-order valence-corrected chi connectivity index (χ3v) is 6.10. The van der Waals surface area contributed by atoms with Gasteiger partial charge in [0.1, 0.15) is 25.7 Å². The molecule has 45 heavy (non-hydrogen) atoms. The molecule has 18 nitrogen and oxygen atoms in total. The number of carbonyl (C=O) groups excluding carboxylic acids is 8. The van der Waals surface area contributed by atoms with Crippen LogP contribution in [0.1, 0.15) is 5.56 Å². The molecule has 0 bridgehead atoms. The van der Waals surface area contributed by atoms with Gasteiger partial charge in [-0.3, -0.25) is 33.6 Å². The van der Waals surface area contributed by atoms with E-state index in [2.05, 4.69) is 35.6 Å². The first kappa shape index (κ1) is 34.2. The lowest BCUT2D eigenvalue weighted by molar-refractivity contribution is -0.154. The Labute approximate surface area is 256 Å². The lowest BCUT2D eigenvalue weighted by atomic mass is 10.0. The molecule has 1 atom stereocenters. The van der Waals surface area contributed by atoms with Crippen LogP contribution in [-0.4, -0.2) is 126 Å². The minimum absolute atomic E-state index is 0.0489. The average Bonchev–Trinajstić information content (AvgIpc) is 3.04. The summed E-state index contributed by atoms with van der Waals surface area (Å²) in [5.74, 6) is -7.48. The van der Waals surface area contributed by atoms with Crippen LogP contribution in [0.25, 0.3) is 0 Å². The van der Waals surface area contributed by atoms with Crippen LogP contribution in [0.15, 0.2) is 24.3 Å². The maximum absolute atomic E-state index is 12.9. The van der Waals surface area contributed by atoms with Gasteiger partial charge in [-0.2, -0.15) is 0 Å². The molecule has 0 aliphatic carbocycles. The van der Waals surface area contributed by atoms with Crippen molar-refractivity contribution in [3.63, 3.8) is 0 Å². The molecule has 0 spiro atoms. The number of morpholine rings is 1. The largest absolute Gasteiger partial charge is 0.454 e. The van der Waals surface area contributed by atoms with Gasteiger partial charge in [-0.05, 0) is 17.7 Å². The van der Waals surface area contributed by atoms with E-state index >= 15 is 0 Å². The fraction of sp³-hybridized carbons (Fsp3) is 0.481. The maximum atomic E-state index is 12.9. The minimum atomic E-state index is -1.30. The number of nitrogens with one attached hydrogen (secondary N) is 4. The molecule has 0 radical (unpaired) electrons. The minimum Gasteiger partial charge on any atom is -0.454 e. The van der Waals surface area contributed by atoms with Crippen LogP contribution < -0.4 is 26.2 Å². The van der Waals surface area contributed by atoms with Crippen molar-refractivity contribution in [2.24, 2.45) is 0 Å². The first-order valence-electron chi connectivity index (χ1n) is 13.7. The summed E-state index contributed by atoms with van der Waals surface area (Å²) >= 11 is 0. The van der Waals surface area contributed by atoms with E-state index in [1.165, 1.54) is 0 Å². The number of hydrogen-bond acceptors (Lipinski definition) is 14. The van der Waals surface area contributed by atoms with Crippen LogP contribution in [0.4, 0.5) is 5.69 Å². The Morgan fingerprint density at radius 1 is 0.600 bits per heavy atom. The molecule has 2 saturated heterocycles. The topological polar surface area (TPSA) is 234 Å². The van der Waals surface area contributed by atoms with Crippen molar-refractivity contribution in [2.45, 2.75) is 12.5 Å². The smallest absolute Gasteiger partial charge is 0.329 e. The molecular formula is C27H33N5O13. The Kier molecular flexibility index (Phi) is 13.5. The van der Waals surface area contributed by atoms with Crippen molar-refractivity contribution in [3.8, 4) is 0 Å². The summed E-state index contributed by atoms with van der Waals surface area (Å²) in [6.45, 7) is -2.54. The molecule has 2 fully saturated rings. The molecular weight excluding hydrogens is 602 g/mol. The zero-order chi connectivity index (χ0) is 32.6. The molecule has 18 heteroatoms. The SMILES string of the molecule is O=C1COC(=O)CNC(=O)COC(=O)C(Cc2ccc(N3CCOCC3)cc2)NC(=O)COC(=O)CNC(=O)COC(=O)CN1. The quantitative estimate of drug-likeness (QED) is 0.184. The highest BCUT2D eigenvalue weighted by atomic mass is 16.6. The monoisotopic (exact) mass is 635 g/mol. The van der Waals surface area contributed by atoms with E-state index in [4.69, 9.17) is 14.2 Å². The first-order valence-corrected chi connectivity index (χ1v) is 13.7. The molecule has 0 aromatic heterocycles. The van der Waals surface area contributed by atoms with Crippen LogP contribution >= 0.6 is 0 Å². The lowest BCUT2D eigenvalue weighted by Crippen LogP contribution is -2.46. The van der Waals surface area contributed by atoms with Gasteiger partial charge in [-0.1, -0.05) is 12.1 Å². The summed E-state index contributed by atoms with van der Waals surface area (Å²) in [5, 5.41) is 8.77. The summed E-state index contributed by atoms with van der Waals surface area (Å²) in [4.78, 5) is 98.8. The van der Waals surface area contributed by atoms with Gasteiger partial charge in [0.25, 0.3) is 23.6 Å². The molecule has 1 aromatic rings. The molecule has 2 aliphatic rings. The van der Waals surface area contributed by atoms with Gasteiger partial charge in [0.15, 0.2) is 26.4 Å². The number of hydrogen-bond donors (Lipinski definition) is 4. The van der Waals surface area contributed by atoms with Crippen molar-refractivity contribution in [1.29, 1.82) is 0 Å². The van der Waals surface area contributed by atoms with Gasteiger partial charge in [0, 0.05) is 25.2 Å². The predicted molar refractivity (Wildman–Crippen MR) is 148 cm³/mol. The Hall–Kier alpha value is -5.26. The van der Waals surface area contributed by atoms with Crippen LogP contribution in [-0.2, 0) is 68.5 Å². The molecule has 3 rings (SSSR count). The maximum Gasteiger partial charge on any atom is 0.329 e. The van der Waals surface area contributed by atoms with E-state index in [0.717, 1.165) is 18.8 Å². The summed E-state index contributed by atoms with van der Waals surface area (Å²) in [6.07, 6.45) is -0.0489. The zero-order valence-electron chi connectivity index (χ0n) is 24.1. The van der Waals surface area contributed by atoms with Crippen molar-refractivity contribution < 1.29 is 62.0 Å². The number of nitrogens with zero attached hydrogens (tertiary/aromatic N) is 1. The molecule has 2 aliphatic heterocycles. The van der Waals surface area contributed by atoms with Crippen molar-refractivity contribution >= 4 is 53.2 Å². The van der Waals surface area contributed by atoms with Crippen molar-refractivity contribution in [3.05, 3.63) is 29.8 Å². The summed E-state index contributed by atoms with van der Waals surface area (Å²) < 4.78 is 24.5. The standard InChI is InChI=1S/C27H33N5O13/c33-20-13-43-25(38)11-30-22(35)15-45-27(40)19(9-17-1-3-18(4-2-17)32-5-7-41-8-6-32)31-23(36)16-44-26(39)12-29-21(34)14-42-24(37)10-28-20/h1-4,19H,5-16H2,(H,28,33)(H,29,34)(H,30,35)(H,31,36). The Morgan fingerprint density at radius 2 is 1.04 bits per heavy atom. The lowest BCUT2D eigenvalue weighted by Gasteiger charge is -2.29. The predicted octanol–water partition coefficient (Wildman–Crippen LogP) is -3.91. The third kappa shape index (κ3) is 12.9. The fourth-order valence-corrected chi connectivity index (χ4v) is 3.82. The molecule has 244 valence electrons. The Balaban J connectivity index is 1.64. The van der Waals surface area contributed by atoms with E-state index in [1.54, 1.807) is 12.1 Å². The second-order valence-corrected chi connectivity index (χ2v) is 9.51. The molecule has 4 amide bonds. The van der Waals surface area contributed by atoms with Crippen molar-refractivity contribution in [2.75, 3.05) is 77.3 Å². The van der Waals surface area contributed by atoms with Gasteiger partial charge < -0.3 is 49.9 Å². The second-order valence-electron chi connectivity index (χ2n) is 9.51. The fourth-order valence-electron chi connectivity index (χ4n) is 3.82. The third-order valence-electron chi connectivity index (χ3n) is 6.10. The molecule has 1 aromatic carbocycles. The Bertz CT molecular complexity index is 1260. The number of rotatable bonds is 3. The van der Waals surface area contributed by atoms with Gasteiger partial charge in [0.2, 0.25) is 0 Å². The highest BCUT2D eigenvalue weighted by Gasteiger charge is 2.25. The molecule has 4 N–H and O–H groups in total. The van der Waals surface area contributed by atoms with E-state index in [-0.39, 0.29) is 6.42 Å². The number of ether oxygens (including phenoxy) is 5. The highest BCUT2D eigenvalue weighted by molar-refractivity contribution is 5.90. The zero-order valence-corrected chi connectivity index (χ0v) is 24.1. The van der Waals surface area contributed by atoms with Crippen LogP contribution in [0.5, 0.6) is 0 Å².